The molecule has 0 saturated heterocycles. The number of amides is 1. The van der Waals surface area contributed by atoms with E-state index in [4.69, 9.17) is 0 Å². The number of rotatable bonds is 7. The molecule has 0 aromatic rings. The van der Waals surface area contributed by atoms with Gasteiger partial charge in [-0.15, -0.1) is 0 Å². The molecule has 1 rings (SSSR count). The second-order valence-corrected chi connectivity index (χ2v) is 6.38. The van der Waals surface area contributed by atoms with Crippen molar-refractivity contribution in [2.75, 3.05) is 0 Å². The van der Waals surface area contributed by atoms with Crippen LogP contribution in [0.2, 0.25) is 0 Å². The zero-order valence-corrected chi connectivity index (χ0v) is 13.8. The molecule has 1 N–H and O–H groups in total. The minimum absolute atomic E-state index is 0.00337. The SMILES string of the molecule is O=C(NC1CCCCCC1)C(F)(F)C(F)(F)C(F)(F)C(F)(F)C(F)(F)C(F)F. The molecule has 0 unspecified atom stereocenters. The Balaban J connectivity index is 3.19. The molecule has 2 nitrogen and oxygen atoms in total. The van der Waals surface area contributed by atoms with Gasteiger partial charge in [-0.05, 0) is 12.8 Å². The molecule has 0 radical (unpaired) electrons. The van der Waals surface area contributed by atoms with E-state index in [9.17, 15) is 57.5 Å². The molecule has 0 atom stereocenters. The molecule has 14 heteroatoms. The number of carbonyl (C=O) groups excluding carboxylic acids is 1. The van der Waals surface area contributed by atoms with Crippen LogP contribution in [0.25, 0.3) is 0 Å². The predicted octanol–water partition coefficient (Wildman–Crippen LogP) is 5.27. The van der Waals surface area contributed by atoms with Crippen molar-refractivity contribution in [2.45, 2.75) is 80.6 Å². The first-order chi connectivity index (χ1) is 12.4. The third-order valence-electron chi connectivity index (χ3n) is 4.35. The first-order valence-corrected chi connectivity index (χ1v) is 7.92. The summed E-state index contributed by atoms with van der Waals surface area (Å²) in [7, 11) is 0. The number of alkyl halides is 12. The zero-order chi connectivity index (χ0) is 22.2. The number of carbonyl (C=O) groups is 1. The molecule has 1 saturated carbocycles. The first-order valence-electron chi connectivity index (χ1n) is 7.92. The van der Waals surface area contributed by atoms with Gasteiger partial charge in [0.15, 0.2) is 0 Å². The van der Waals surface area contributed by atoms with Crippen LogP contribution < -0.4 is 5.32 Å². The van der Waals surface area contributed by atoms with Gasteiger partial charge in [-0.25, -0.2) is 8.78 Å². The Bertz CT molecular complexity index is 555. The summed E-state index contributed by atoms with van der Waals surface area (Å²) in [6, 6.07) is -1.16. The van der Waals surface area contributed by atoms with Crippen LogP contribution in [0.3, 0.4) is 0 Å². The Morgan fingerprint density at radius 1 is 0.714 bits per heavy atom. The molecular formula is C14H15F12NO. The van der Waals surface area contributed by atoms with E-state index in [-0.39, 0.29) is 12.8 Å². The van der Waals surface area contributed by atoms with Gasteiger partial charge >= 0.3 is 36.0 Å². The summed E-state index contributed by atoms with van der Waals surface area (Å²) in [5.74, 6) is -39.5. The van der Waals surface area contributed by atoms with Gasteiger partial charge in [0.05, 0.1) is 0 Å². The fourth-order valence-electron chi connectivity index (χ4n) is 2.58. The standard InChI is InChI=1S/C14H15F12NO/c15-8(16)10(17,18)12(21,22)14(25,26)13(23,24)11(19,20)9(28)27-7-5-3-1-2-4-6-7/h7-8H,1-6H2,(H,27,28). The lowest BCUT2D eigenvalue weighted by Crippen LogP contribution is -2.71. The van der Waals surface area contributed by atoms with Crippen molar-refractivity contribution in [2.24, 2.45) is 0 Å². The molecular weight excluding hydrogens is 426 g/mol. The predicted molar refractivity (Wildman–Crippen MR) is 70.4 cm³/mol. The Morgan fingerprint density at radius 2 is 1.14 bits per heavy atom. The smallest absolute Gasteiger partial charge is 0.348 e. The summed E-state index contributed by atoms with van der Waals surface area (Å²) in [5.41, 5.74) is 0. The molecule has 1 amide bonds. The minimum Gasteiger partial charge on any atom is -0.348 e. The van der Waals surface area contributed by atoms with Crippen LogP contribution in [0.15, 0.2) is 0 Å². The van der Waals surface area contributed by atoms with Crippen LogP contribution in [0.4, 0.5) is 52.7 Å². The summed E-state index contributed by atoms with van der Waals surface area (Å²) in [6.45, 7) is 0. The normalized spacial score (nSPS) is 18.9. The highest BCUT2D eigenvalue weighted by Crippen LogP contribution is 2.58. The second kappa shape index (κ2) is 7.81. The topological polar surface area (TPSA) is 29.1 Å². The van der Waals surface area contributed by atoms with E-state index in [1.165, 1.54) is 5.32 Å². The average Bonchev–Trinajstić information content (AvgIpc) is 2.82. The van der Waals surface area contributed by atoms with E-state index in [0.29, 0.717) is 25.7 Å². The number of hydrogen-bond acceptors (Lipinski definition) is 1. The maximum Gasteiger partial charge on any atom is 0.392 e. The molecule has 0 bridgehead atoms. The maximum atomic E-state index is 13.7. The van der Waals surface area contributed by atoms with Gasteiger partial charge < -0.3 is 5.32 Å². The molecule has 28 heavy (non-hydrogen) atoms. The average molecular weight is 441 g/mol. The van der Waals surface area contributed by atoms with E-state index in [1.54, 1.807) is 0 Å². The van der Waals surface area contributed by atoms with Crippen LogP contribution >= 0.6 is 0 Å². The van der Waals surface area contributed by atoms with Gasteiger partial charge in [0.2, 0.25) is 0 Å². The third kappa shape index (κ3) is 3.87. The molecule has 0 aromatic carbocycles. The Hall–Kier alpha value is -1.37. The molecule has 0 spiro atoms. The van der Waals surface area contributed by atoms with Crippen LogP contribution in [-0.4, -0.2) is 48.0 Å². The highest BCUT2D eigenvalue weighted by Gasteiger charge is 2.89. The Labute approximate surface area is 150 Å². The molecule has 0 aliphatic heterocycles. The lowest BCUT2D eigenvalue weighted by molar-refractivity contribution is -0.407. The highest BCUT2D eigenvalue weighted by atomic mass is 19.4. The van der Waals surface area contributed by atoms with Crippen molar-refractivity contribution in [3.05, 3.63) is 0 Å². The van der Waals surface area contributed by atoms with Crippen molar-refractivity contribution in [1.29, 1.82) is 0 Å². The maximum absolute atomic E-state index is 13.7. The van der Waals surface area contributed by atoms with Gasteiger partial charge in [0, 0.05) is 6.04 Å². The van der Waals surface area contributed by atoms with E-state index in [1.807, 2.05) is 0 Å². The summed E-state index contributed by atoms with van der Waals surface area (Å²) >= 11 is 0. The first kappa shape index (κ1) is 24.7. The Kier molecular flexibility index (Phi) is 6.88. The summed E-state index contributed by atoms with van der Waals surface area (Å²) < 4.78 is 157. The van der Waals surface area contributed by atoms with Crippen molar-refractivity contribution in [3.8, 4) is 0 Å². The summed E-state index contributed by atoms with van der Waals surface area (Å²) in [5, 5.41) is 1.31. The van der Waals surface area contributed by atoms with E-state index >= 15 is 0 Å². The molecule has 166 valence electrons. The van der Waals surface area contributed by atoms with Crippen molar-refractivity contribution < 1.29 is 57.5 Å². The lowest BCUT2D eigenvalue weighted by atomic mass is 9.93. The fraction of sp³-hybridized carbons (Fsp3) is 0.929. The van der Waals surface area contributed by atoms with Crippen molar-refractivity contribution >= 4 is 5.91 Å². The number of nitrogens with one attached hydrogen (secondary N) is 1. The molecule has 1 fully saturated rings. The molecule has 0 heterocycles. The quantitative estimate of drug-likeness (QED) is 0.424. The highest BCUT2D eigenvalue weighted by molar-refractivity contribution is 5.85. The third-order valence-corrected chi connectivity index (χ3v) is 4.35. The minimum atomic E-state index is -7.69. The molecule has 1 aliphatic rings. The van der Waals surface area contributed by atoms with Gasteiger partial charge in [-0.2, -0.15) is 43.9 Å². The van der Waals surface area contributed by atoms with Gasteiger partial charge in [-0.1, -0.05) is 25.7 Å². The van der Waals surface area contributed by atoms with E-state index in [2.05, 4.69) is 0 Å². The Morgan fingerprint density at radius 3 is 1.54 bits per heavy atom. The fourth-order valence-corrected chi connectivity index (χ4v) is 2.58. The van der Waals surface area contributed by atoms with Crippen LogP contribution in [-0.2, 0) is 4.79 Å². The zero-order valence-electron chi connectivity index (χ0n) is 13.8. The lowest BCUT2D eigenvalue weighted by Gasteiger charge is -2.38. The summed E-state index contributed by atoms with van der Waals surface area (Å²) in [4.78, 5) is 11.4. The second-order valence-electron chi connectivity index (χ2n) is 6.38. The van der Waals surface area contributed by atoms with Crippen LogP contribution in [0.5, 0.6) is 0 Å². The molecule has 0 aromatic heterocycles. The molecule has 1 aliphatic carbocycles. The van der Waals surface area contributed by atoms with Crippen LogP contribution in [0, 0.1) is 0 Å². The summed E-state index contributed by atoms with van der Waals surface area (Å²) in [6.07, 6.45) is -3.63. The number of halogens is 12. The van der Waals surface area contributed by atoms with Gasteiger partial charge in [0.1, 0.15) is 0 Å². The monoisotopic (exact) mass is 441 g/mol. The van der Waals surface area contributed by atoms with Crippen LogP contribution in [0.1, 0.15) is 38.5 Å². The van der Waals surface area contributed by atoms with Crippen molar-refractivity contribution in [3.63, 3.8) is 0 Å². The van der Waals surface area contributed by atoms with Crippen molar-refractivity contribution in [1.82, 2.24) is 5.32 Å². The number of hydrogen-bond donors (Lipinski definition) is 1. The largest absolute Gasteiger partial charge is 0.392 e. The van der Waals surface area contributed by atoms with E-state index < -0.39 is 48.0 Å². The van der Waals surface area contributed by atoms with Gasteiger partial charge in [-0.3, -0.25) is 4.79 Å². The van der Waals surface area contributed by atoms with E-state index in [0.717, 1.165) is 0 Å². The van der Waals surface area contributed by atoms with Gasteiger partial charge in [0.25, 0.3) is 5.91 Å².